The summed E-state index contributed by atoms with van der Waals surface area (Å²) in [6.07, 6.45) is 0. The van der Waals surface area contributed by atoms with Crippen LogP contribution in [0.3, 0.4) is 0 Å². The quantitative estimate of drug-likeness (QED) is 0.173. The van der Waals surface area contributed by atoms with Gasteiger partial charge in [-0.2, -0.15) is 0 Å². The summed E-state index contributed by atoms with van der Waals surface area (Å²) in [5.41, 5.74) is 28.5. The van der Waals surface area contributed by atoms with E-state index in [4.69, 9.17) is 0 Å². The van der Waals surface area contributed by atoms with Crippen LogP contribution in [0.4, 0.5) is 0 Å². The predicted octanol–water partition coefficient (Wildman–Crippen LogP) is 14.5. The smallest absolute Gasteiger partial charge is 0.0159 e. The number of benzene rings is 7. The highest BCUT2D eigenvalue weighted by Gasteiger charge is 2.38. The molecule has 0 radical (unpaired) electrons. The Bertz CT molecular complexity index is 2440. The first-order valence-electron chi connectivity index (χ1n) is 19.7. The fourth-order valence-electron chi connectivity index (χ4n) is 11.1. The molecule has 0 saturated heterocycles. The molecule has 3 aliphatic rings. The van der Waals surface area contributed by atoms with Gasteiger partial charge < -0.3 is 0 Å². The van der Waals surface area contributed by atoms with Gasteiger partial charge in [-0.05, 0) is 156 Å². The van der Waals surface area contributed by atoms with Gasteiger partial charge in [0.1, 0.15) is 0 Å². The van der Waals surface area contributed by atoms with Crippen molar-refractivity contribution < 1.29 is 0 Å². The van der Waals surface area contributed by atoms with Gasteiger partial charge in [0, 0.05) is 16.2 Å². The Morgan fingerprint density at radius 2 is 0.519 bits per heavy atom. The molecule has 0 atom stereocenters. The van der Waals surface area contributed by atoms with Crippen molar-refractivity contribution in [2.24, 2.45) is 0 Å². The molecule has 0 bridgehead atoms. The lowest BCUT2D eigenvalue weighted by atomic mass is 9.76. The number of hydrogen-bond donors (Lipinski definition) is 0. The van der Waals surface area contributed by atoms with Gasteiger partial charge in [0.15, 0.2) is 0 Å². The summed E-state index contributed by atoms with van der Waals surface area (Å²) in [4.78, 5) is 0. The minimum Gasteiger partial charge on any atom is -0.0619 e. The topological polar surface area (TPSA) is 0 Å². The van der Waals surface area contributed by atoms with Crippen molar-refractivity contribution in [1.29, 1.82) is 0 Å². The van der Waals surface area contributed by atoms with E-state index in [1.54, 1.807) is 0 Å². The minimum atomic E-state index is -0.0682. The first-order valence-corrected chi connectivity index (χ1v) is 19.7. The van der Waals surface area contributed by atoms with Crippen LogP contribution in [0.25, 0.3) is 66.8 Å². The van der Waals surface area contributed by atoms with Gasteiger partial charge in [0.25, 0.3) is 0 Å². The zero-order chi connectivity index (χ0) is 37.5. The van der Waals surface area contributed by atoms with Gasteiger partial charge in [-0.3, -0.25) is 0 Å². The summed E-state index contributed by atoms with van der Waals surface area (Å²) in [7, 11) is 0. The van der Waals surface area contributed by atoms with E-state index in [9.17, 15) is 0 Å². The molecule has 54 heavy (non-hydrogen) atoms. The van der Waals surface area contributed by atoms with E-state index in [2.05, 4.69) is 190 Å². The third-order valence-corrected chi connectivity index (χ3v) is 13.9. The molecule has 3 aliphatic carbocycles. The average Bonchev–Trinajstić information content (AvgIpc) is 3.64. The first-order chi connectivity index (χ1) is 25.8. The van der Waals surface area contributed by atoms with Crippen LogP contribution < -0.4 is 0 Å². The Labute approximate surface area is 321 Å². The van der Waals surface area contributed by atoms with Crippen molar-refractivity contribution in [3.8, 4) is 66.8 Å². The highest BCUT2D eigenvalue weighted by molar-refractivity contribution is 5.95. The number of fused-ring (bicyclic) bond motifs is 9. The molecule has 0 fully saturated rings. The molecule has 0 amide bonds. The molecule has 0 heterocycles. The highest BCUT2D eigenvalue weighted by Crippen LogP contribution is 2.55. The van der Waals surface area contributed by atoms with Gasteiger partial charge in [0.05, 0.1) is 0 Å². The third-order valence-electron chi connectivity index (χ3n) is 13.9. The maximum atomic E-state index is 2.51. The second-order valence-corrected chi connectivity index (χ2v) is 17.8. The van der Waals surface area contributed by atoms with Crippen molar-refractivity contribution in [2.45, 2.75) is 78.6 Å². The SMILES string of the molecule is Cc1c(-c2ccc3c(c2)C(C)(C)c2ccccc2-3)c(C)c(-c2ccc3c(c2)C(C)(C)c2ccccc2-3)c(C)c1-c1ccc2c(c1)C(C)(C)c1ccccc1-2. The molecule has 0 unspecified atom stereocenters. The number of hydrogen-bond acceptors (Lipinski definition) is 0. The van der Waals surface area contributed by atoms with E-state index in [0.29, 0.717) is 0 Å². The summed E-state index contributed by atoms with van der Waals surface area (Å²) in [6, 6.07) is 48.8. The molecule has 0 N–H and O–H groups in total. The largest absolute Gasteiger partial charge is 0.0619 e. The fraction of sp³-hybridized carbons (Fsp3) is 0.222. The summed E-state index contributed by atoms with van der Waals surface area (Å²) in [5.74, 6) is 0. The molecule has 7 aromatic rings. The lowest BCUT2D eigenvalue weighted by Gasteiger charge is -2.27. The van der Waals surface area contributed by atoms with Crippen molar-refractivity contribution in [3.63, 3.8) is 0 Å². The summed E-state index contributed by atoms with van der Waals surface area (Å²) in [5, 5.41) is 0. The van der Waals surface area contributed by atoms with Gasteiger partial charge >= 0.3 is 0 Å². The van der Waals surface area contributed by atoms with E-state index in [1.165, 1.54) is 117 Å². The minimum absolute atomic E-state index is 0.0682. The van der Waals surface area contributed by atoms with Crippen molar-refractivity contribution in [1.82, 2.24) is 0 Å². The summed E-state index contributed by atoms with van der Waals surface area (Å²) >= 11 is 0. The van der Waals surface area contributed by atoms with Crippen LogP contribution in [0.5, 0.6) is 0 Å². The molecular weight excluding hydrogens is 649 g/mol. The average molecular weight is 697 g/mol. The monoisotopic (exact) mass is 696 g/mol. The molecular formula is C54H48. The standard InChI is InChI=1S/C54H48/c1-31-49(34-22-25-40-37-16-10-13-19-43(37)52(4,5)46(40)28-34)32(2)51(36-24-27-42-39-18-12-15-21-45(39)54(8,9)48(42)30-36)33(3)50(31)35-23-26-41-38-17-11-14-20-44(38)53(6,7)47(41)29-35/h10-30H,1-9H3. The summed E-state index contributed by atoms with van der Waals surface area (Å²) < 4.78 is 0. The normalized spacial score (nSPS) is 15.9. The first kappa shape index (κ1) is 33.1. The zero-order valence-corrected chi connectivity index (χ0v) is 33.1. The molecule has 0 nitrogen and oxygen atoms in total. The predicted molar refractivity (Wildman–Crippen MR) is 230 cm³/mol. The van der Waals surface area contributed by atoms with Gasteiger partial charge in [-0.1, -0.05) is 151 Å². The van der Waals surface area contributed by atoms with Gasteiger partial charge in [-0.25, -0.2) is 0 Å². The van der Waals surface area contributed by atoms with Crippen LogP contribution in [0, 0.1) is 20.8 Å². The molecule has 0 heteroatoms. The lowest BCUT2D eigenvalue weighted by Crippen LogP contribution is -2.15. The van der Waals surface area contributed by atoms with E-state index in [1.807, 2.05) is 0 Å². The van der Waals surface area contributed by atoms with Crippen LogP contribution in [0.1, 0.15) is 91.6 Å². The maximum absolute atomic E-state index is 2.51. The molecule has 0 aliphatic heterocycles. The maximum Gasteiger partial charge on any atom is 0.0159 e. The van der Waals surface area contributed by atoms with Crippen LogP contribution in [0.15, 0.2) is 127 Å². The van der Waals surface area contributed by atoms with Gasteiger partial charge in [-0.15, -0.1) is 0 Å². The summed E-state index contributed by atoms with van der Waals surface area (Å²) in [6.45, 7) is 21.5. The van der Waals surface area contributed by atoms with Crippen LogP contribution >= 0.6 is 0 Å². The molecule has 0 saturated carbocycles. The Morgan fingerprint density at radius 1 is 0.278 bits per heavy atom. The van der Waals surface area contributed by atoms with Crippen LogP contribution in [-0.2, 0) is 16.2 Å². The Balaban J connectivity index is 1.23. The second-order valence-electron chi connectivity index (χ2n) is 17.8. The van der Waals surface area contributed by atoms with Crippen LogP contribution in [-0.4, -0.2) is 0 Å². The van der Waals surface area contributed by atoms with Crippen molar-refractivity contribution in [3.05, 3.63) is 177 Å². The van der Waals surface area contributed by atoms with E-state index < -0.39 is 0 Å². The second kappa shape index (κ2) is 11.0. The molecule has 7 aromatic carbocycles. The zero-order valence-electron chi connectivity index (χ0n) is 33.1. The number of rotatable bonds is 3. The van der Waals surface area contributed by atoms with E-state index >= 15 is 0 Å². The molecule has 0 aromatic heterocycles. The van der Waals surface area contributed by atoms with E-state index in [-0.39, 0.29) is 16.2 Å². The Hall–Kier alpha value is -5.46. The third kappa shape index (κ3) is 4.26. The van der Waals surface area contributed by atoms with Crippen LogP contribution in [0.2, 0.25) is 0 Å². The van der Waals surface area contributed by atoms with Gasteiger partial charge in [0.2, 0.25) is 0 Å². The van der Waals surface area contributed by atoms with Crippen molar-refractivity contribution >= 4 is 0 Å². The Kier molecular flexibility index (Phi) is 6.78. The Morgan fingerprint density at radius 3 is 0.796 bits per heavy atom. The fourth-order valence-corrected chi connectivity index (χ4v) is 11.1. The molecule has 264 valence electrons. The molecule has 0 spiro atoms. The lowest BCUT2D eigenvalue weighted by molar-refractivity contribution is 0.660. The van der Waals surface area contributed by atoms with Crippen molar-refractivity contribution in [2.75, 3.05) is 0 Å². The highest BCUT2D eigenvalue weighted by atomic mass is 14.4. The molecule has 10 rings (SSSR count). The van der Waals surface area contributed by atoms with E-state index in [0.717, 1.165) is 0 Å².